The Labute approximate surface area is 164 Å². The predicted octanol–water partition coefficient (Wildman–Crippen LogP) is 4.53. The summed E-state index contributed by atoms with van der Waals surface area (Å²) >= 11 is 1.68. The van der Waals surface area contributed by atoms with E-state index in [-0.39, 0.29) is 12.1 Å². The molecule has 2 aromatic carbocycles. The number of urea groups is 1. The Bertz CT molecular complexity index is 833. The van der Waals surface area contributed by atoms with E-state index in [1.54, 1.807) is 11.3 Å². The van der Waals surface area contributed by atoms with Crippen LogP contribution in [-0.4, -0.2) is 17.6 Å². The third-order valence-corrected chi connectivity index (χ3v) is 5.40. The van der Waals surface area contributed by atoms with Gasteiger partial charge in [-0.05, 0) is 24.0 Å². The predicted molar refractivity (Wildman–Crippen MR) is 111 cm³/mol. The minimum absolute atomic E-state index is 0.0698. The van der Waals surface area contributed by atoms with Crippen molar-refractivity contribution in [2.75, 3.05) is 6.54 Å². The molecule has 0 aliphatic carbocycles. The summed E-state index contributed by atoms with van der Waals surface area (Å²) in [5, 5.41) is 9.29. The number of aryl methyl sites for hydroxylation is 1. The van der Waals surface area contributed by atoms with Crippen LogP contribution >= 0.6 is 11.3 Å². The number of thiazole rings is 1. The van der Waals surface area contributed by atoms with Gasteiger partial charge in [0.15, 0.2) is 0 Å². The second-order valence-corrected chi connectivity index (χ2v) is 7.33. The van der Waals surface area contributed by atoms with Crippen LogP contribution in [0.4, 0.5) is 4.79 Å². The Hall–Kier alpha value is -2.66. The van der Waals surface area contributed by atoms with Crippen molar-refractivity contribution in [3.63, 3.8) is 0 Å². The zero-order chi connectivity index (χ0) is 18.9. The molecule has 0 aliphatic rings. The summed E-state index contributed by atoms with van der Waals surface area (Å²) in [6.07, 6.45) is 2.46. The largest absolute Gasteiger partial charge is 0.338 e. The Kier molecular flexibility index (Phi) is 6.99. The second-order valence-electron chi connectivity index (χ2n) is 6.39. The van der Waals surface area contributed by atoms with Crippen molar-refractivity contribution in [2.45, 2.75) is 32.2 Å². The number of aromatic nitrogens is 1. The first kappa shape index (κ1) is 19.1. The maximum atomic E-state index is 12.4. The monoisotopic (exact) mass is 379 g/mol. The number of carbonyl (C=O) groups excluding carboxylic acids is 1. The Morgan fingerprint density at radius 3 is 2.44 bits per heavy atom. The molecule has 2 amide bonds. The van der Waals surface area contributed by atoms with Gasteiger partial charge in [0.05, 0.1) is 16.7 Å². The van der Waals surface area contributed by atoms with Crippen molar-refractivity contribution < 1.29 is 4.79 Å². The van der Waals surface area contributed by atoms with Crippen molar-refractivity contribution in [3.05, 3.63) is 87.9 Å². The van der Waals surface area contributed by atoms with Crippen molar-refractivity contribution in [2.24, 2.45) is 0 Å². The van der Waals surface area contributed by atoms with E-state index in [0.29, 0.717) is 6.54 Å². The molecule has 0 radical (unpaired) electrons. The van der Waals surface area contributed by atoms with Crippen LogP contribution in [0.3, 0.4) is 0 Å². The summed E-state index contributed by atoms with van der Waals surface area (Å²) in [6, 6.07) is 20.1. The van der Waals surface area contributed by atoms with Gasteiger partial charge in [-0.1, -0.05) is 67.6 Å². The van der Waals surface area contributed by atoms with E-state index in [1.165, 1.54) is 5.56 Å². The first-order valence-corrected chi connectivity index (χ1v) is 10.2. The minimum atomic E-state index is -0.147. The average molecular weight is 380 g/mol. The molecule has 0 bridgehead atoms. The van der Waals surface area contributed by atoms with Crippen LogP contribution in [0.15, 0.2) is 66.0 Å². The van der Waals surface area contributed by atoms with Crippen LogP contribution < -0.4 is 10.6 Å². The van der Waals surface area contributed by atoms with E-state index in [1.807, 2.05) is 36.4 Å². The van der Waals surface area contributed by atoms with E-state index < -0.39 is 0 Å². The van der Waals surface area contributed by atoms with Crippen LogP contribution in [0.5, 0.6) is 0 Å². The normalized spacial score (nSPS) is 11.7. The second kappa shape index (κ2) is 9.88. The van der Waals surface area contributed by atoms with E-state index in [9.17, 15) is 4.79 Å². The molecule has 4 nitrogen and oxygen atoms in total. The fraction of sp³-hybridized carbons (Fsp3) is 0.273. The highest BCUT2D eigenvalue weighted by atomic mass is 32.1. The van der Waals surface area contributed by atoms with Gasteiger partial charge in [0, 0.05) is 18.3 Å². The van der Waals surface area contributed by atoms with E-state index >= 15 is 0 Å². The number of carbonyl (C=O) groups is 1. The van der Waals surface area contributed by atoms with Gasteiger partial charge in [0.1, 0.15) is 0 Å². The van der Waals surface area contributed by atoms with Gasteiger partial charge in [0.2, 0.25) is 0 Å². The van der Waals surface area contributed by atoms with Gasteiger partial charge in [0.25, 0.3) is 0 Å². The lowest BCUT2D eigenvalue weighted by atomic mass is 9.99. The van der Waals surface area contributed by atoms with Gasteiger partial charge < -0.3 is 10.6 Å². The molecule has 2 N–H and O–H groups in total. The first-order valence-electron chi connectivity index (χ1n) is 9.31. The molecule has 3 rings (SSSR count). The molecular formula is C22H25N3OS. The highest BCUT2D eigenvalue weighted by Crippen LogP contribution is 2.18. The zero-order valence-electron chi connectivity index (χ0n) is 15.5. The minimum Gasteiger partial charge on any atom is -0.338 e. The molecule has 3 aromatic rings. The SMILES string of the molecule is CCc1nc(CCNC(=O)N[C@H](Cc2ccccc2)c2ccccc2)cs1. The highest BCUT2D eigenvalue weighted by Gasteiger charge is 2.15. The molecule has 0 fully saturated rings. The Morgan fingerprint density at radius 1 is 1.07 bits per heavy atom. The van der Waals surface area contributed by atoms with E-state index in [2.05, 4.69) is 52.2 Å². The van der Waals surface area contributed by atoms with Crippen molar-refractivity contribution >= 4 is 17.4 Å². The fourth-order valence-corrected chi connectivity index (χ4v) is 3.71. The Morgan fingerprint density at radius 2 is 1.78 bits per heavy atom. The quantitative estimate of drug-likeness (QED) is 0.604. The van der Waals surface area contributed by atoms with Gasteiger partial charge in [-0.25, -0.2) is 9.78 Å². The van der Waals surface area contributed by atoms with Crippen LogP contribution in [0.25, 0.3) is 0 Å². The summed E-state index contributed by atoms with van der Waals surface area (Å²) in [6.45, 7) is 2.68. The van der Waals surface area contributed by atoms with Gasteiger partial charge in [-0.15, -0.1) is 11.3 Å². The number of hydrogen-bond donors (Lipinski definition) is 2. The summed E-state index contributed by atoms with van der Waals surface area (Å²) in [4.78, 5) is 17.0. The van der Waals surface area contributed by atoms with Crippen LogP contribution in [0, 0.1) is 0 Å². The number of benzene rings is 2. The zero-order valence-corrected chi connectivity index (χ0v) is 16.3. The van der Waals surface area contributed by atoms with Gasteiger partial charge in [-0.2, -0.15) is 0 Å². The number of nitrogens with one attached hydrogen (secondary N) is 2. The summed E-state index contributed by atoms with van der Waals surface area (Å²) in [7, 11) is 0. The molecule has 140 valence electrons. The molecule has 0 saturated heterocycles. The molecule has 0 unspecified atom stereocenters. The summed E-state index contributed by atoms with van der Waals surface area (Å²) in [5.74, 6) is 0. The lowest BCUT2D eigenvalue weighted by Crippen LogP contribution is -2.39. The van der Waals surface area contributed by atoms with Crippen molar-refractivity contribution in [1.29, 1.82) is 0 Å². The molecular weight excluding hydrogens is 354 g/mol. The molecule has 1 atom stereocenters. The molecule has 1 aromatic heterocycles. The van der Waals surface area contributed by atoms with E-state index in [0.717, 1.165) is 35.5 Å². The van der Waals surface area contributed by atoms with E-state index in [4.69, 9.17) is 0 Å². The van der Waals surface area contributed by atoms with Crippen LogP contribution in [0.1, 0.15) is 34.8 Å². The van der Waals surface area contributed by atoms with Gasteiger partial charge in [-0.3, -0.25) is 0 Å². The third kappa shape index (κ3) is 5.93. The molecule has 0 spiro atoms. The molecule has 0 saturated carbocycles. The lowest BCUT2D eigenvalue weighted by molar-refractivity contribution is 0.237. The molecule has 27 heavy (non-hydrogen) atoms. The smallest absolute Gasteiger partial charge is 0.315 e. The summed E-state index contributed by atoms with van der Waals surface area (Å²) in [5.41, 5.74) is 3.34. The number of rotatable bonds is 8. The van der Waals surface area contributed by atoms with Crippen molar-refractivity contribution in [1.82, 2.24) is 15.6 Å². The molecule has 5 heteroatoms. The molecule has 1 heterocycles. The number of amides is 2. The maximum absolute atomic E-state index is 12.4. The summed E-state index contributed by atoms with van der Waals surface area (Å²) < 4.78 is 0. The maximum Gasteiger partial charge on any atom is 0.315 e. The standard InChI is InChI=1S/C22H25N3OS/c1-2-21-24-19(16-27-21)13-14-23-22(26)25-20(18-11-7-4-8-12-18)15-17-9-5-3-6-10-17/h3-12,16,20H,2,13-15H2,1H3,(H2,23,25,26)/t20-/m1/s1. The van der Waals surface area contributed by atoms with Crippen molar-refractivity contribution in [3.8, 4) is 0 Å². The Balaban J connectivity index is 1.57. The van der Waals surface area contributed by atoms with Gasteiger partial charge >= 0.3 is 6.03 Å². The number of nitrogens with zero attached hydrogens (tertiary/aromatic N) is 1. The van der Waals surface area contributed by atoms with Crippen LogP contribution in [-0.2, 0) is 19.3 Å². The van der Waals surface area contributed by atoms with Crippen LogP contribution in [0.2, 0.25) is 0 Å². The topological polar surface area (TPSA) is 54.0 Å². The molecule has 0 aliphatic heterocycles. The number of hydrogen-bond acceptors (Lipinski definition) is 3. The lowest BCUT2D eigenvalue weighted by Gasteiger charge is -2.20. The highest BCUT2D eigenvalue weighted by molar-refractivity contribution is 7.09. The average Bonchev–Trinajstić information content (AvgIpc) is 3.17. The first-order chi connectivity index (χ1) is 13.2. The third-order valence-electron chi connectivity index (χ3n) is 4.36. The fourth-order valence-electron chi connectivity index (χ4n) is 2.93.